The van der Waals surface area contributed by atoms with Gasteiger partial charge in [0, 0.05) is 36.4 Å². The van der Waals surface area contributed by atoms with Crippen molar-refractivity contribution in [3.05, 3.63) is 46.7 Å². The maximum Gasteiger partial charge on any atom is 0.257 e. The van der Waals surface area contributed by atoms with Crippen LogP contribution in [0.3, 0.4) is 0 Å². The molecule has 2 aliphatic heterocycles. The average Bonchev–Trinajstić information content (AvgIpc) is 3.10. The van der Waals surface area contributed by atoms with Crippen LogP contribution in [0.2, 0.25) is 5.02 Å². The van der Waals surface area contributed by atoms with Crippen LogP contribution >= 0.6 is 11.6 Å². The standard InChI is InChI=1S/C18H21ClN4O/c1-12-17(11-23(21-12)16-6-2-13(19)3-7-16)18(24)22-9-8-14-4-5-15(10-22)20-14/h2-3,6-7,11,14-15,20H,4-5,8-10H2,1H3. The average molecular weight is 345 g/mol. The van der Waals surface area contributed by atoms with Crippen molar-refractivity contribution in [2.45, 2.75) is 38.3 Å². The first-order chi connectivity index (χ1) is 11.6. The highest BCUT2D eigenvalue weighted by Crippen LogP contribution is 2.23. The van der Waals surface area contributed by atoms with Crippen molar-refractivity contribution in [2.75, 3.05) is 13.1 Å². The van der Waals surface area contributed by atoms with E-state index >= 15 is 0 Å². The highest BCUT2D eigenvalue weighted by atomic mass is 35.5. The molecule has 3 heterocycles. The van der Waals surface area contributed by atoms with Crippen molar-refractivity contribution in [3.63, 3.8) is 0 Å². The topological polar surface area (TPSA) is 50.2 Å². The zero-order chi connectivity index (χ0) is 16.7. The molecule has 2 fully saturated rings. The Morgan fingerprint density at radius 1 is 1.21 bits per heavy atom. The van der Waals surface area contributed by atoms with Crippen LogP contribution < -0.4 is 5.32 Å². The van der Waals surface area contributed by atoms with E-state index in [0.717, 1.165) is 37.3 Å². The molecule has 2 atom stereocenters. The molecule has 2 bridgehead atoms. The lowest BCUT2D eigenvalue weighted by atomic mass is 10.1. The van der Waals surface area contributed by atoms with Gasteiger partial charge in [0.25, 0.3) is 5.91 Å². The molecule has 126 valence electrons. The normalized spacial score (nSPS) is 23.3. The Hall–Kier alpha value is -1.85. The molecule has 1 N–H and O–H groups in total. The molecule has 1 amide bonds. The quantitative estimate of drug-likeness (QED) is 0.911. The fraction of sp³-hybridized carbons (Fsp3) is 0.444. The Balaban J connectivity index is 1.57. The van der Waals surface area contributed by atoms with E-state index in [9.17, 15) is 4.79 Å². The van der Waals surface area contributed by atoms with Gasteiger partial charge in [-0.3, -0.25) is 4.79 Å². The number of fused-ring (bicyclic) bond motifs is 2. The van der Waals surface area contributed by atoms with Gasteiger partial charge in [-0.05, 0) is 50.5 Å². The lowest BCUT2D eigenvalue weighted by molar-refractivity contribution is 0.0747. The summed E-state index contributed by atoms with van der Waals surface area (Å²) in [5, 5.41) is 8.81. The summed E-state index contributed by atoms with van der Waals surface area (Å²) in [7, 11) is 0. The number of aromatic nitrogens is 2. The minimum Gasteiger partial charge on any atom is -0.337 e. The first-order valence-electron chi connectivity index (χ1n) is 8.47. The van der Waals surface area contributed by atoms with E-state index in [1.807, 2.05) is 42.3 Å². The van der Waals surface area contributed by atoms with Gasteiger partial charge in [-0.15, -0.1) is 0 Å². The third-order valence-electron chi connectivity index (χ3n) is 5.03. The van der Waals surface area contributed by atoms with Gasteiger partial charge in [0.15, 0.2) is 0 Å². The van der Waals surface area contributed by atoms with Gasteiger partial charge in [-0.25, -0.2) is 4.68 Å². The van der Waals surface area contributed by atoms with Crippen LogP contribution in [0.5, 0.6) is 0 Å². The van der Waals surface area contributed by atoms with Crippen molar-refractivity contribution in [2.24, 2.45) is 0 Å². The second kappa shape index (κ2) is 6.22. The number of likely N-dealkylation sites (tertiary alicyclic amines) is 1. The van der Waals surface area contributed by atoms with Gasteiger partial charge in [-0.2, -0.15) is 5.10 Å². The number of hydrogen-bond donors (Lipinski definition) is 1. The van der Waals surface area contributed by atoms with Crippen molar-refractivity contribution in [1.82, 2.24) is 20.0 Å². The van der Waals surface area contributed by atoms with E-state index in [-0.39, 0.29) is 5.91 Å². The van der Waals surface area contributed by atoms with Crippen LogP contribution in [-0.4, -0.2) is 45.8 Å². The summed E-state index contributed by atoms with van der Waals surface area (Å²) in [5.41, 5.74) is 2.35. The number of nitrogens with zero attached hydrogens (tertiary/aromatic N) is 3. The van der Waals surface area contributed by atoms with Gasteiger partial charge < -0.3 is 10.2 Å². The highest BCUT2D eigenvalue weighted by molar-refractivity contribution is 6.30. The van der Waals surface area contributed by atoms with Gasteiger partial charge in [0.1, 0.15) is 0 Å². The van der Waals surface area contributed by atoms with E-state index in [0.29, 0.717) is 22.7 Å². The van der Waals surface area contributed by atoms with E-state index in [4.69, 9.17) is 11.6 Å². The first kappa shape index (κ1) is 15.7. The summed E-state index contributed by atoms with van der Waals surface area (Å²) >= 11 is 5.94. The number of benzene rings is 1. The van der Waals surface area contributed by atoms with Crippen LogP contribution in [0, 0.1) is 6.92 Å². The fourth-order valence-electron chi connectivity index (χ4n) is 3.69. The number of carbonyl (C=O) groups is 1. The smallest absolute Gasteiger partial charge is 0.257 e. The first-order valence-corrected chi connectivity index (χ1v) is 8.85. The summed E-state index contributed by atoms with van der Waals surface area (Å²) in [6.45, 7) is 3.50. The highest BCUT2D eigenvalue weighted by Gasteiger charge is 2.32. The van der Waals surface area contributed by atoms with Crippen LogP contribution in [-0.2, 0) is 0 Å². The molecule has 1 aromatic carbocycles. The number of halogens is 1. The molecule has 2 unspecified atom stereocenters. The minimum atomic E-state index is 0.0852. The van der Waals surface area contributed by atoms with E-state index in [2.05, 4.69) is 10.4 Å². The molecular formula is C18H21ClN4O. The third-order valence-corrected chi connectivity index (χ3v) is 5.28. The third kappa shape index (κ3) is 2.94. The van der Waals surface area contributed by atoms with Gasteiger partial charge in [0.05, 0.1) is 16.9 Å². The molecule has 5 nitrogen and oxygen atoms in total. The van der Waals surface area contributed by atoms with E-state index in [1.54, 1.807) is 4.68 Å². The van der Waals surface area contributed by atoms with E-state index in [1.165, 1.54) is 6.42 Å². The van der Waals surface area contributed by atoms with Crippen LogP contribution in [0.1, 0.15) is 35.3 Å². The summed E-state index contributed by atoms with van der Waals surface area (Å²) in [5.74, 6) is 0.0852. The predicted octanol–water partition coefficient (Wildman–Crippen LogP) is 2.80. The van der Waals surface area contributed by atoms with Crippen LogP contribution in [0.4, 0.5) is 0 Å². The maximum absolute atomic E-state index is 13.0. The summed E-state index contributed by atoms with van der Waals surface area (Å²) < 4.78 is 1.75. The second-order valence-corrected chi connectivity index (χ2v) is 7.16. The zero-order valence-corrected chi connectivity index (χ0v) is 14.5. The predicted molar refractivity (Wildman–Crippen MR) is 93.8 cm³/mol. The lowest BCUT2D eigenvalue weighted by Crippen LogP contribution is -2.39. The molecule has 4 rings (SSSR count). The number of aryl methyl sites for hydroxylation is 1. The maximum atomic E-state index is 13.0. The molecule has 2 saturated heterocycles. The molecule has 6 heteroatoms. The number of carbonyl (C=O) groups excluding carboxylic acids is 1. The molecule has 2 aliphatic rings. The molecule has 1 aromatic heterocycles. The fourth-order valence-corrected chi connectivity index (χ4v) is 3.82. The summed E-state index contributed by atoms with van der Waals surface area (Å²) in [6.07, 6.45) is 5.27. The Morgan fingerprint density at radius 3 is 2.75 bits per heavy atom. The Kier molecular flexibility index (Phi) is 4.06. The summed E-state index contributed by atoms with van der Waals surface area (Å²) in [4.78, 5) is 15.0. The van der Waals surface area contributed by atoms with Crippen molar-refractivity contribution in [1.29, 1.82) is 0 Å². The van der Waals surface area contributed by atoms with Crippen molar-refractivity contribution < 1.29 is 4.79 Å². The van der Waals surface area contributed by atoms with Gasteiger partial charge in [-0.1, -0.05) is 11.6 Å². The van der Waals surface area contributed by atoms with Gasteiger partial charge >= 0.3 is 0 Å². The van der Waals surface area contributed by atoms with Crippen LogP contribution in [0.15, 0.2) is 30.5 Å². The van der Waals surface area contributed by atoms with Crippen LogP contribution in [0.25, 0.3) is 5.69 Å². The number of hydrogen-bond acceptors (Lipinski definition) is 3. The van der Waals surface area contributed by atoms with Crippen molar-refractivity contribution >= 4 is 17.5 Å². The molecule has 2 aromatic rings. The van der Waals surface area contributed by atoms with Gasteiger partial charge in [0.2, 0.25) is 0 Å². The van der Waals surface area contributed by atoms with E-state index < -0.39 is 0 Å². The molecular weight excluding hydrogens is 324 g/mol. The SMILES string of the molecule is Cc1nn(-c2ccc(Cl)cc2)cc1C(=O)N1CCC2CCC(C1)N2. The Morgan fingerprint density at radius 2 is 1.96 bits per heavy atom. The Bertz CT molecular complexity index is 755. The zero-order valence-electron chi connectivity index (χ0n) is 13.7. The minimum absolute atomic E-state index is 0.0852. The Labute approximate surface area is 146 Å². The number of rotatable bonds is 2. The summed E-state index contributed by atoms with van der Waals surface area (Å²) in [6, 6.07) is 8.47. The molecule has 0 aliphatic carbocycles. The molecule has 0 radical (unpaired) electrons. The molecule has 24 heavy (non-hydrogen) atoms. The largest absolute Gasteiger partial charge is 0.337 e. The monoisotopic (exact) mass is 344 g/mol. The second-order valence-electron chi connectivity index (χ2n) is 6.73. The number of nitrogens with one attached hydrogen (secondary N) is 1. The molecule has 0 saturated carbocycles. The lowest BCUT2D eigenvalue weighted by Gasteiger charge is -2.24. The molecule has 0 spiro atoms. The number of amides is 1. The van der Waals surface area contributed by atoms with Crippen molar-refractivity contribution in [3.8, 4) is 5.69 Å².